The van der Waals surface area contributed by atoms with Crippen LogP contribution in [-0.2, 0) is 0 Å². The highest BCUT2D eigenvalue weighted by atomic mass is 15.2. The lowest BCUT2D eigenvalue weighted by molar-refractivity contribution is 0.0795. The Labute approximate surface area is 104 Å². The van der Waals surface area contributed by atoms with Gasteiger partial charge in [0.15, 0.2) is 0 Å². The molecule has 0 heterocycles. The van der Waals surface area contributed by atoms with E-state index in [1.54, 1.807) is 0 Å². The number of rotatable bonds is 5. The summed E-state index contributed by atoms with van der Waals surface area (Å²) in [5.74, 6) is 1.01. The van der Waals surface area contributed by atoms with Crippen molar-refractivity contribution in [2.45, 2.75) is 85.7 Å². The number of hydrogen-bond donors (Lipinski definition) is 0. The second-order valence-electron chi connectivity index (χ2n) is 5.90. The lowest BCUT2D eigenvalue weighted by Crippen LogP contribution is -2.47. The summed E-state index contributed by atoms with van der Waals surface area (Å²) in [6.07, 6.45) is 5.57. The van der Waals surface area contributed by atoms with Crippen LogP contribution in [-0.4, -0.2) is 23.0 Å². The van der Waals surface area contributed by atoms with Crippen LogP contribution in [0.2, 0.25) is 0 Å². The Hall–Kier alpha value is -0.0400. The van der Waals surface area contributed by atoms with Gasteiger partial charge < -0.3 is 0 Å². The van der Waals surface area contributed by atoms with Gasteiger partial charge >= 0.3 is 0 Å². The van der Waals surface area contributed by atoms with Gasteiger partial charge in [-0.1, -0.05) is 27.2 Å². The molecule has 0 spiro atoms. The Morgan fingerprint density at radius 1 is 1.19 bits per heavy atom. The molecule has 98 valence electrons. The molecule has 16 heavy (non-hydrogen) atoms. The molecule has 1 nitrogen and oxygen atoms in total. The molecular formula is C15H33N. The summed E-state index contributed by atoms with van der Waals surface area (Å²) in [5.41, 5.74) is 0.344. The minimum Gasteiger partial charge on any atom is -0.296 e. The molecule has 1 unspecified atom stereocenters. The molecule has 0 aromatic carbocycles. The number of nitrogens with zero attached hydrogens (tertiary/aromatic N) is 1. The summed E-state index contributed by atoms with van der Waals surface area (Å²) in [4.78, 5) is 2.70. The maximum atomic E-state index is 2.70. The van der Waals surface area contributed by atoms with E-state index in [1.165, 1.54) is 32.2 Å². The predicted octanol–water partition coefficient (Wildman–Crippen LogP) is 4.71. The summed E-state index contributed by atoms with van der Waals surface area (Å²) in [5, 5.41) is 0. The van der Waals surface area contributed by atoms with Gasteiger partial charge in [-0.15, -0.1) is 0 Å². The first-order valence-corrected chi connectivity index (χ1v) is 7.22. The van der Waals surface area contributed by atoms with Crippen molar-refractivity contribution in [1.29, 1.82) is 0 Å². The van der Waals surface area contributed by atoms with Crippen molar-refractivity contribution in [1.82, 2.24) is 4.90 Å². The summed E-state index contributed by atoms with van der Waals surface area (Å²) in [6.45, 7) is 17.0. The second kappa shape index (κ2) is 7.32. The van der Waals surface area contributed by atoms with Crippen molar-refractivity contribution < 1.29 is 0 Å². The van der Waals surface area contributed by atoms with Crippen LogP contribution in [0.5, 0.6) is 0 Å². The van der Waals surface area contributed by atoms with Gasteiger partial charge in [0.2, 0.25) is 0 Å². The van der Waals surface area contributed by atoms with Gasteiger partial charge in [0.25, 0.3) is 0 Å². The molecule has 0 bridgehead atoms. The molecule has 0 saturated heterocycles. The fourth-order valence-electron chi connectivity index (χ4n) is 2.27. The lowest BCUT2D eigenvalue weighted by Gasteiger charge is -2.40. The average Bonchev–Trinajstić information content (AvgIpc) is 2.99. The SMILES string of the molecule is CC.CCCC(C)N(CC1CC1)C(C)(C)C. The summed E-state index contributed by atoms with van der Waals surface area (Å²) < 4.78 is 0. The minimum absolute atomic E-state index is 0.344. The Bertz CT molecular complexity index is 165. The first-order chi connectivity index (χ1) is 7.45. The zero-order valence-electron chi connectivity index (χ0n) is 12.6. The Morgan fingerprint density at radius 3 is 2.00 bits per heavy atom. The molecule has 0 radical (unpaired) electrons. The lowest BCUT2D eigenvalue weighted by atomic mass is 10.0. The van der Waals surface area contributed by atoms with E-state index in [1.807, 2.05) is 13.8 Å². The van der Waals surface area contributed by atoms with E-state index in [-0.39, 0.29) is 0 Å². The Balaban J connectivity index is 0.00000106. The van der Waals surface area contributed by atoms with Crippen molar-refractivity contribution in [2.75, 3.05) is 6.54 Å². The standard InChI is InChI=1S/C13H27N.C2H6/c1-6-7-11(2)14(13(3,4)5)10-12-8-9-12;1-2/h11-12H,6-10H2,1-5H3;1-2H3. The monoisotopic (exact) mass is 227 g/mol. The van der Waals surface area contributed by atoms with E-state index in [4.69, 9.17) is 0 Å². The molecule has 1 aliphatic rings. The topological polar surface area (TPSA) is 3.24 Å². The van der Waals surface area contributed by atoms with Gasteiger partial charge in [-0.05, 0) is 52.9 Å². The van der Waals surface area contributed by atoms with E-state index in [0.717, 1.165) is 12.0 Å². The zero-order chi connectivity index (χ0) is 12.8. The van der Waals surface area contributed by atoms with E-state index in [2.05, 4.69) is 39.5 Å². The van der Waals surface area contributed by atoms with Crippen LogP contribution in [0, 0.1) is 5.92 Å². The summed E-state index contributed by atoms with van der Waals surface area (Å²) >= 11 is 0. The predicted molar refractivity (Wildman–Crippen MR) is 74.9 cm³/mol. The third-order valence-electron chi connectivity index (χ3n) is 3.25. The van der Waals surface area contributed by atoms with Gasteiger partial charge in [-0.3, -0.25) is 4.90 Å². The molecule has 1 fully saturated rings. The molecule has 1 atom stereocenters. The van der Waals surface area contributed by atoms with Crippen LogP contribution in [0.4, 0.5) is 0 Å². The zero-order valence-corrected chi connectivity index (χ0v) is 12.6. The van der Waals surface area contributed by atoms with Crippen LogP contribution >= 0.6 is 0 Å². The maximum Gasteiger partial charge on any atom is 0.0127 e. The van der Waals surface area contributed by atoms with Crippen LogP contribution < -0.4 is 0 Å². The third-order valence-corrected chi connectivity index (χ3v) is 3.25. The molecule has 1 heteroatoms. The first-order valence-electron chi connectivity index (χ1n) is 7.22. The average molecular weight is 227 g/mol. The van der Waals surface area contributed by atoms with Crippen LogP contribution in [0.15, 0.2) is 0 Å². The fraction of sp³-hybridized carbons (Fsp3) is 1.00. The molecule has 0 N–H and O–H groups in total. The highest BCUT2D eigenvalue weighted by molar-refractivity contribution is 4.86. The van der Waals surface area contributed by atoms with E-state index in [9.17, 15) is 0 Å². The Kier molecular flexibility index (Phi) is 7.30. The smallest absolute Gasteiger partial charge is 0.0127 e. The summed E-state index contributed by atoms with van der Waals surface area (Å²) in [6, 6.07) is 0.751. The molecular weight excluding hydrogens is 194 g/mol. The highest BCUT2D eigenvalue weighted by Crippen LogP contribution is 2.33. The molecule has 1 saturated carbocycles. The molecule has 0 amide bonds. The van der Waals surface area contributed by atoms with Crippen molar-refractivity contribution in [3.63, 3.8) is 0 Å². The molecule has 1 aliphatic carbocycles. The summed E-state index contributed by atoms with van der Waals surface area (Å²) in [7, 11) is 0. The maximum absolute atomic E-state index is 2.70. The Morgan fingerprint density at radius 2 is 1.69 bits per heavy atom. The van der Waals surface area contributed by atoms with E-state index < -0.39 is 0 Å². The largest absolute Gasteiger partial charge is 0.296 e. The second-order valence-corrected chi connectivity index (χ2v) is 5.90. The van der Waals surface area contributed by atoms with Crippen LogP contribution in [0.3, 0.4) is 0 Å². The van der Waals surface area contributed by atoms with Gasteiger partial charge in [-0.25, -0.2) is 0 Å². The van der Waals surface area contributed by atoms with Crippen molar-refractivity contribution in [2.24, 2.45) is 5.92 Å². The van der Waals surface area contributed by atoms with Gasteiger partial charge in [0, 0.05) is 18.1 Å². The van der Waals surface area contributed by atoms with Crippen molar-refractivity contribution in [3.05, 3.63) is 0 Å². The van der Waals surface area contributed by atoms with Gasteiger partial charge in [0.05, 0.1) is 0 Å². The highest BCUT2D eigenvalue weighted by Gasteiger charge is 2.32. The molecule has 0 aliphatic heterocycles. The van der Waals surface area contributed by atoms with E-state index in [0.29, 0.717) is 5.54 Å². The van der Waals surface area contributed by atoms with Gasteiger partial charge in [-0.2, -0.15) is 0 Å². The van der Waals surface area contributed by atoms with Crippen LogP contribution in [0.25, 0.3) is 0 Å². The van der Waals surface area contributed by atoms with Crippen molar-refractivity contribution >= 4 is 0 Å². The number of hydrogen-bond acceptors (Lipinski definition) is 1. The third kappa shape index (κ3) is 5.89. The van der Waals surface area contributed by atoms with Gasteiger partial charge in [0.1, 0.15) is 0 Å². The molecule has 1 rings (SSSR count). The van der Waals surface area contributed by atoms with E-state index >= 15 is 0 Å². The fourth-order valence-corrected chi connectivity index (χ4v) is 2.27. The van der Waals surface area contributed by atoms with Crippen LogP contribution in [0.1, 0.15) is 74.1 Å². The molecule has 0 aromatic rings. The molecule has 0 aromatic heterocycles. The normalized spacial score (nSPS) is 18.0. The quantitative estimate of drug-likeness (QED) is 0.657. The first kappa shape index (κ1) is 16.0. The minimum atomic E-state index is 0.344. The van der Waals surface area contributed by atoms with Crippen molar-refractivity contribution in [3.8, 4) is 0 Å².